The molecule has 0 atom stereocenters. The number of imidazole rings is 1. The van der Waals surface area contributed by atoms with Crippen LogP contribution in [0.3, 0.4) is 0 Å². The van der Waals surface area contributed by atoms with Gasteiger partial charge in [-0.15, -0.1) is 0 Å². The molecule has 0 radical (unpaired) electrons. The Morgan fingerprint density at radius 2 is 1.94 bits per heavy atom. The Hall–Kier alpha value is -2.05. The number of hydrogen-bond donors (Lipinski definition) is 2. The zero-order valence-corrected chi connectivity index (χ0v) is 8.35. The summed E-state index contributed by atoms with van der Waals surface area (Å²) in [6.45, 7) is 0. The molecule has 17 heavy (non-hydrogen) atoms. The van der Waals surface area contributed by atoms with E-state index in [-0.39, 0.29) is 17.2 Å². The molecule has 0 aliphatic heterocycles. The normalized spacial score (nSPS) is 11.8. The van der Waals surface area contributed by atoms with Gasteiger partial charge in [-0.2, -0.15) is 13.2 Å². The molecule has 3 N–H and O–H groups in total. The molecule has 0 aliphatic carbocycles. The SMILES string of the molecule is Nc1ncc(-c2ccc(F)cc2C(F)(F)F)[nH]1. The van der Waals surface area contributed by atoms with Crippen LogP contribution < -0.4 is 5.73 Å². The van der Waals surface area contributed by atoms with Crippen LogP contribution in [0, 0.1) is 5.82 Å². The average Bonchev–Trinajstić information content (AvgIpc) is 2.63. The Morgan fingerprint density at radius 3 is 2.47 bits per heavy atom. The molecule has 1 heterocycles. The summed E-state index contributed by atoms with van der Waals surface area (Å²) >= 11 is 0. The number of benzene rings is 1. The van der Waals surface area contributed by atoms with Crippen molar-refractivity contribution in [3.05, 3.63) is 35.8 Å². The lowest BCUT2D eigenvalue weighted by atomic mass is 10.0. The molecule has 0 spiro atoms. The third kappa shape index (κ3) is 2.22. The molecule has 2 aromatic rings. The van der Waals surface area contributed by atoms with Crippen LogP contribution in [-0.2, 0) is 6.18 Å². The van der Waals surface area contributed by atoms with Crippen LogP contribution in [0.1, 0.15) is 5.56 Å². The molecule has 0 bridgehead atoms. The lowest BCUT2D eigenvalue weighted by Crippen LogP contribution is -2.07. The number of H-pyrrole nitrogens is 1. The van der Waals surface area contributed by atoms with Gasteiger partial charge in [-0.05, 0) is 18.2 Å². The molecule has 0 unspecified atom stereocenters. The second-order valence-corrected chi connectivity index (χ2v) is 3.37. The van der Waals surface area contributed by atoms with Crippen LogP contribution in [0.25, 0.3) is 11.3 Å². The van der Waals surface area contributed by atoms with E-state index < -0.39 is 17.6 Å². The van der Waals surface area contributed by atoms with E-state index in [0.717, 1.165) is 18.3 Å². The van der Waals surface area contributed by atoms with Gasteiger partial charge < -0.3 is 10.7 Å². The summed E-state index contributed by atoms with van der Waals surface area (Å²) in [5.74, 6) is -0.953. The lowest BCUT2D eigenvalue weighted by Gasteiger charge is -2.11. The van der Waals surface area contributed by atoms with Gasteiger partial charge in [0.05, 0.1) is 17.5 Å². The third-order valence-corrected chi connectivity index (χ3v) is 2.17. The molecule has 2 rings (SSSR count). The Balaban J connectivity index is 2.61. The van der Waals surface area contributed by atoms with E-state index >= 15 is 0 Å². The number of aromatic amines is 1. The van der Waals surface area contributed by atoms with E-state index in [0.29, 0.717) is 6.07 Å². The number of nitrogens with one attached hydrogen (secondary N) is 1. The Labute approximate surface area is 93.3 Å². The zero-order valence-electron chi connectivity index (χ0n) is 8.35. The summed E-state index contributed by atoms with van der Waals surface area (Å²) in [5, 5.41) is 0. The van der Waals surface area contributed by atoms with E-state index in [1.165, 1.54) is 0 Å². The van der Waals surface area contributed by atoms with E-state index in [2.05, 4.69) is 9.97 Å². The summed E-state index contributed by atoms with van der Waals surface area (Å²) in [6.07, 6.45) is -3.48. The predicted molar refractivity (Wildman–Crippen MR) is 53.4 cm³/mol. The van der Waals surface area contributed by atoms with Crippen LogP contribution in [0.2, 0.25) is 0 Å². The van der Waals surface area contributed by atoms with Gasteiger partial charge in [0, 0.05) is 5.56 Å². The molecule has 0 fully saturated rings. The molecular formula is C10H7F4N3. The number of nitrogens with two attached hydrogens (primary N) is 1. The number of anilines is 1. The molecular weight excluding hydrogens is 238 g/mol. The number of alkyl halides is 3. The lowest BCUT2D eigenvalue weighted by molar-refractivity contribution is -0.137. The van der Waals surface area contributed by atoms with Gasteiger partial charge in [-0.1, -0.05) is 0 Å². The molecule has 90 valence electrons. The molecule has 1 aromatic carbocycles. The van der Waals surface area contributed by atoms with E-state index in [4.69, 9.17) is 5.73 Å². The monoisotopic (exact) mass is 245 g/mol. The summed E-state index contributed by atoms with van der Waals surface area (Å²) in [7, 11) is 0. The van der Waals surface area contributed by atoms with Gasteiger partial charge in [-0.3, -0.25) is 0 Å². The first-order valence-electron chi connectivity index (χ1n) is 4.55. The van der Waals surface area contributed by atoms with E-state index in [1.807, 2.05) is 0 Å². The maximum atomic E-state index is 12.8. The maximum absolute atomic E-state index is 12.8. The fraction of sp³-hybridized carbons (Fsp3) is 0.100. The molecule has 0 saturated heterocycles. The predicted octanol–water partition coefficient (Wildman–Crippen LogP) is 2.82. The second kappa shape index (κ2) is 3.76. The van der Waals surface area contributed by atoms with Crippen LogP contribution in [0.4, 0.5) is 23.5 Å². The first-order chi connectivity index (χ1) is 7.88. The summed E-state index contributed by atoms with van der Waals surface area (Å²) < 4.78 is 50.9. The minimum Gasteiger partial charge on any atom is -0.369 e. The van der Waals surface area contributed by atoms with Crippen molar-refractivity contribution in [2.24, 2.45) is 0 Å². The minimum absolute atomic E-state index is 0.00236. The second-order valence-electron chi connectivity index (χ2n) is 3.37. The highest BCUT2D eigenvalue weighted by atomic mass is 19.4. The quantitative estimate of drug-likeness (QED) is 0.759. The standard InChI is InChI=1S/C10H7F4N3/c11-5-1-2-6(7(3-5)10(12,13)14)8-4-16-9(15)17-8/h1-4H,(H3,15,16,17). The van der Waals surface area contributed by atoms with Crippen molar-refractivity contribution < 1.29 is 17.6 Å². The van der Waals surface area contributed by atoms with Gasteiger partial charge >= 0.3 is 6.18 Å². The van der Waals surface area contributed by atoms with Gasteiger partial charge in [0.15, 0.2) is 5.95 Å². The molecule has 1 aromatic heterocycles. The summed E-state index contributed by atoms with van der Waals surface area (Å²) in [6, 6.07) is 2.42. The number of aromatic nitrogens is 2. The highest BCUT2D eigenvalue weighted by Gasteiger charge is 2.34. The summed E-state index contributed by atoms with van der Waals surface area (Å²) in [5.41, 5.74) is 4.12. The summed E-state index contributed by atoms with van der Waals surface area (Å²) in [4.78, 5) is 6.07. The van der Waals surface area contributed by atoms with Crippen molar-refractivity contribution in [1.82, 2.24) is 9.97 Å². The first kappa shape index (κ1) is 11.4. The fourth-order valence-electron chi connectivity index (χ4n) is 1.46. The number of halogens is 4. The molecule has 0 saturated carbocycles. The van der Waals surface area contributed by atoms with Crippen LogP contribution in [-0.4, -0.2) is 9.97 Å². The molecule has 3 nitrogen and oxygen atoms in total. The highest BCUT2D eigenvalue weighted by Crippen LogP contribution is 2.36. The van der Waals surface area contributed by atoms with Crippen molar-refractivity contribution in [2.45, 2.75) is 6.18 Å². The minimum atomic E-state index is -4.64. The van der Waals surface area contributed by atoms with Gasteiger partial charge in [0.2, 0.25) is 0 Å². The molecule has 0 amide bonds. The van der Waals surface area contributed by atoms with Crippen LogP contribution >= 0.6 is 0 Å². The van der Waals surface area contributed by atoms with Crippen LogP contribution in [0.15, 0.2) is 24.4 Å². The fourth-order valence-corrected chi connectivity index (χ4v) is 1.46. The van der Waals surface area contributed by atoms with Crippen molar-refractivity contribution in [3.63, 3.8) is 0 Å². The van der Waals surface area contributed by atoms with Crippen LogP contribution in [0.5, 0.6) is 0 Å². The number of nitrogens with zero attached hydrogens (tertiary/aromatic N) is 1. The van der Waals surface area contributed by atoms with Gasteiger partial charge in [0.1, 0.15) is 5.82 Å². The average molecular weight is 245 g/mol. The Kier molecular flexibility index (Phi) is 2.53. The molecule has 0 aliphatic rings. The largest absolute Gasteiger partial charge is 0.417 e. The maximum Gasteiger partial charge on any atom is 0.417 e. The third-order valence-electron chi connectivity index (χ3n) is 2.17. The Bertz CT molecular complexity index is 545. The highest BCUT2D eigenvalue weighted by molar-refractivity contribution is 5.65. The van der Waals surface area contributed by atoms with E-state index in [9.17, 15) is 17.6 Å². The van der Waals surface area contributed by atoms with Crippen molar-refractivity contribution >= 4 is 5.95 Å². The number of nitrogen functional groups attached to an aromatic ring is 1. The van der Waals surface area contributed by atoms with E-state index in [1.54, 1.807) is 0 Å². The topological polar surface area (TPSA) is 54.7 Å². The number of hydrogen-bond acceptors (Lipinski definition) is 2. The van der Waals surface area contributed by atoms with Crippen molar-refractivity contribution in [3.8, 4) is 11.3 Å². The van der Waals surface area contributed by atoms with Crippen molar-refractivity contribution in [2.75, 3.05) is 5.73 Å². The van der Waals surface area contributed by atoms with Crippen molar-refractivity contribution in [1.29, 1.82) is 0 Å². The number of rotatable bonds is 1. The zero-order chi connectivity index (χ0) is 12.6. The first-order valence-corrected chi connectivity index (χ1v) is 4.55. The Morgan fingerprint density at radius 1 is 1.24 bits per heavy atom. The van der Waals surface area contributed by atoms with Gasteiger partial charge in [0.25, 0.3) is 0 Å². The molecule has 7 heteroatoms. The van der Waals surface area contributed by atoms with Gasteiger partial charge in [-0.25, -0.2) is 9.37 Å². The smallest absolute Gasteiger partial charge is 0.369 e.